The summed E-state index contributed by atoms with van der Waals surface area (Å²) in [6, 6.07) is 7.99. The molecule has 29 heavy (non-hydrogen) atoms. The Morgan fingerprint density at radius 2 is 2.03 bits per heavy atom. The average Bonchev–Trinajstić information content (AvgIpc) is 2.68. The van der Waals surface area contributed by atoms with E-state index in [0.717, 1.165) is 40.0 Å². The lowest BCUT2D eigenvalue weighted by molar-refractivity contribution is 0.115. The normalized spacial score (nSPS) is 22.0. The molecule has 5 heteroatoms. The zero-order valence-electron chi connectivity index (χ0n) is 17.9. The smallest absolute Gasteiger partial charge is 0.407 e. The van der Waals surface area contributed by atoms with E-state index in [1.165, 1.54) is 0 Å². The largest absolute Gasteiger partial charge is 0.441 e. The molecule has 1 aliphatic carbocycles. The predicted molar refractivity (Wildman–Crippen MR) is 119 cm³/mol. The van der Waals surface area contributed by atoms with Crippen LogP contribution >= 0.6 is 0 Å². The Bertz CT molecular complexity index is 863. The standard InChI is InChI=1S/C24H31N3O2/c1-7-19-17(5)23(27-25-6)21-12-10-9-11-18(21)15-22(20(19)8-2)29-24(28)26-14-13-16(3)4/h7-12,16,22H,1-2,13-15H2,3-6H3,(H,26,28)/b20-19-,23-17+,27-25?. The van der Waals surface area contributed by atoms with Crippen LogP contribution in [-0.2, 0) is 11.2 Å². The van der Waals surface area contributed by atoms with Gasteiger partial charge in [-0.2, -0.15) is 10.2 Å². The molecule has 1 aromatic rings. The molecular formula is C24H31N3O2. The van der Waals surface area contributed by atoms with Crippen molar-refractivity contribution in [2.75, 3.05) is 13.6 Å². The lowest BCUT2D eigenvalue weighted by Gasteiger charge is -2.26. The van der Waals surface area contributed by atoms with E-state index in [2.05, 4.69) is 42.6 Å². The van der Waals surface area contributed by atoms with Crippen molar-refractivity contribution >= 4 is 11.8 Å². The van der Waals surface area contributed by atoms with Crippen LogP contribution in [0.2, 0.25) is 0 Å². The molecule has 0 saturated carbocycles. The van der Waals surface area contributed by atoms with E-state index in [1.54, 1.807) is 19.2 Å². The highest BCUT2D eigenvalue weighted by atomic mass is 16.6. The highest BCUT2D eigenvalue weighted by molar-refractivity contribution is 5.76. The lowest BCUT2D eigenvalue weighted by Crippen LogP contribution is -2.32. The fourth-order valence-corrected chi connectivity index (χ4v) is 3.44. The van der Waals surface area contributed by atoms with Crippen LogP contribution < -0.4 is 5.32 Å². The number of carbonyl (C=O) groups excluding carboxylic acids is 1. The number of nitrogens with one attached hydrogen (secondary N) is 1. The molecule has 0 fully saturated rings. The quantitative estimate of drug-likeness (QED) is 0.589. The van der Waals surface area contributed by atoms with Crippen LogP contribution in [0.1, 0.15) is 38.3 Å². The van der Waals surface area contributed by atoms with E-state index >= 15 is 0 Å². The van der Waals surface area contributed by atoms with E-state index in [9.17, 15) is 4.79 Å². The molecule has 0 radical (unpaired) electrons. The Morgan fingerprint density at radius 3 is 2.66 bits per heavy atom. The number of amides is 1. The molecule has 1 amide bonds. The lowest BCUT2D eigenvalue weighted by atomic mass is 9.86. The van der Waals surface area contributed by atoms with Crippen molar-refractivity contribution in [2.45, 2.75) is 39.7 Å². The van der Waals surface area contributed by atoms with Gasteiger partial charge in [-0.1, -0.05) is 63.4 Å². The van der Waals surface area contributed by atoms with Crippen molar-refractivity contribution in [3.8, 4) is 0 Å². The highest BCUT2D eigenvalue weighted by Crippen LogP contribution is 2.35. The molecule has 0 aromatic heterocycles. The maximum absolute atomic E-state index is 12.4. The molecule has 0 bridgehead atoms. The first-order chi connectivity index (χ1) is 13.9. The summed E-state index contributed by atoms with van der Waals surface area (Å²) in [5.74, 6) is 0.513. The molecule has 1 unspecified atom stereocenters. The van der Waals surface area contributed by atoms with E-state index in [4.69, 9.17) is 4.74 Å². The fourth-order valence-electron chi connectivity index (χ4n) is 3.44. The van der Waals surface area contributed by atoms with Crippen molar-refractivity contribution < 1.29 is 9.53 Å². The van der Waals surface area contributed by atoms with E-state index in [1.807, 2.05) is 31.2 Å². The van der Waals surface area contributed by atoms with Gasteiger partial charge in [0.15, 0.2) is 0 Å². The molecular weight excluding hydrogens is 362 g/mol. The number of alkyl carbamates (subject to hydrolysis) is 1. The Balaban J connectivity index is 2.50. The molecule has 0 saturated heterocycles. The number of hydrogen-bond acceptors (Lipinski definition) is 4. The molecule has 1 N–H and O–H groups in total. The maximum atomic E-state index is 12.4. The number of hydrogen-bond donors (Lipinski definition) is 1. The van der Waals surface area contributed by atoms with Crippen LogP contribution in [0.25, 0.3) is 5.70 Å². The highest BCUT2D eigenvalue weighted by Gasteiger charge is 2.26. The predicted octanol–water partition coefficient (Wildman–Crippen LogP) is 5.87. The van der Waals surface area contributed by atoms with Gasteiger partial charge in [0, 0.05) is 25.6 Å². The van der Waals surface area contributed by atoms with Gasteiger partial charge in [0.1, 0.15) is 6.10 Å². The Kier molecular flexibility index (Phi) is 8.13. The van der Waals surface area contributed by atoms with Crippen LogP contribution in [0, 0.1) is 5.92 Å². The van der Waals surface area contributed by atoms with E-state index in [0.29, 0.717) is 18.9 Å². The molecule has 1 aliphatic rings. The minimum atomic E-state index is -0.476. The number of carbonyl (C=O) groups is 1. The van der Waals surface area contributed by atoms with Crippen molar-refractivity contribution in [3.63, 3.8) is 0 Å². The Labute approximate surface area is 174 Å². The summed E-state index contributed by atoms with van der Waals surface area (Å²) >= 11 is 0. The van der Waals surface area contributed by atoms with Crippen molar-refractivity contribution in [3.05, 3.63) is 77.4 Å². The fraction of sp³-hybridized carbons (Fsp3) is 0.375. The summed E-state index contributed by atoms with van der Waals surface area (Å²) in [6.45, 7) is 14.7. The first-order valence-corrected chi connectivity index (χ1v) is 9.95. The monoisotopic (exact) mass is 393 g/mol. The van der Waals surface area contributed by atoms with Crippen LogP contribution in [0.15, 0.2) is 76.5 Å². The number of fused-ring (bicyclic) bond motifs is 1. The van der Waals surface area contributed by atoms with Gasteiger partial charge in [0.25, 0.3) is 0 Å². The van der Waals surface area contributed by atoms with Crippen LogP contribution in [0.5, 0.6) is 0 Å². The number of allylic oxidation sites excluding steroid dienone is 3. The average molecular weight is 394 g/mol. The van der Waals surface area contributed by atoms with Gasteiger partial charge in [-0.3, -0.25) is 0 Å². The third-order valence-electron chi connectivity index (χ3n) is 4.96. The minimum Gasteiger partial charge on any atom is -0.441 e. The topological polar surface area (TPSA) is 63.0 Å². The van der Waals surface area contributed by atoms with Crippen molar-refractivity contribution in [1.29, 1.82) is 0 Å². The SMILES string of the molecule is C=CC1=C(\C=C)C(OC(=O)NCCC(C)C)Cc2ccccc2/C(N=NC)=C\1C. The van der Waals surface area contributed by atoms with Gasteiger partial charge in [0.2, 0.25) is 0 Å². The molecule has 2 rings (SSSR count). The zero-order valence-corrected chi connectivity index (χ0v) is 17.9. The van der Waals surface area contributed by atoms with Gasteiger partial charge in [-0.15, -0.1) is 0 Å². The van der Waals surface area contributed by atoms with Gasteiger partial charge < -0.3 is 10.1 Å². The third-order valence-corrected chi connectivity index (χ3v) is 4.96. The Hall–Kier alpha value is -2.95. The third kappa shape index (κ3) is 5.53. The van der Waals surface area contributed by atoms with E-state index < -0.39 is 12.2 Å². The Morgan fingerprint density at radius 1 is 1.31 bits per heavy atom. The maximum Gasteiger partial charge on any atom is 0.407 e. The second kappa shape index (κ2) is 10.6. The molecule has 0 heterocycles. The van der Waals surface area contributed by atoms with E-state index in [-0.39, 0.29) is 0 Å². The molecule has 1 atom stereocenters. The second-order valence-corrected chi connectivity index (χ2v) is 7.42. The summed E-state index contributed by atoms with van der Waals surface area (Å²) in [7, 11) is 1.65. The van der Waals surface area contributed by atoms with Gasteiger partial charge in [-0.05, 0) is 41.5 Å². The second-order valence-electron chi connectivity index (χ2n) is 7.42. The summed E-state index contributed by atoms with van der Waals surface area (Å²) < 4.78 is 5.84. The molecule has 154 valence electrons. The van der Waals surface area contributed by atoms with Crippen molar-refractivity contribution in [1.82, 2.24) is 5.32 Å². The molecule has 1 aromatic carbocycles. The molecule has 0 aliphatic heterocycles. The summed E-state index contributed by atoms with van der Waals surface area (Å²) in [5, 5.41) is 11.2. The van der Waals surface area contributed by atoms with Gasteiger partial charge >= 0.3 is 6.09 Å². The number of azo groups is 1. The van der Waals surface area contributed by atoms with Crippen LogP contribution in [0.4, 0.5) is 4.79 Å². The first kappa shape index (κ1) is 22.3. The summed E-state index contributed by atoms with van der Waals surface area (Å²) in [6.07, 6.45) is 4.02. The zero-order chi connectivity index (χ0) is 21.4. The number of benzene rings is 1. The number of rotatable bonds is 7. The van der Waals surface area contributed by atoms with Gasteiger partial charge in [0.05, 0.1) is 5.70 Å². The number of nitrogens with zero attached hydrogens (tertiary/aromatic N) is 2. The van der Waals surface area contributed by atoms with Crippen LogP contribution in [0.3, 0.4) is 0 Å². The van der Waals surface area contributed by atoms with Crippen LogP contribution in [-0.4, -0.2) is 25.8 Å². The summed E-state index contributed by atoms with van der Waals surface area (Å²) in [5.41, 5.74) is 5.40. The van der Waals surface area contributed by atoms with Crippen molar-refractivity contribution in [2.24, 2.45) is 16.1 Å². The number of ether oxygens (including phenoxy) is 1. The first-order valence-electron chi connectivity index (χ1n) is 9.95. The molecule has 0 spiro atoms. The molecule has 5 nitrogen and oxygen atoms in total. The van der Waals surface area contributed by atoms with Gasteiger partial charge in [-0.25, -0.2) is 4.79 Å². The minimum absolute atomic E-state index is 0.424. The summed E-state index contributed by atoms with van der Waals surface area (Å²) in [4.78, 5) is 12.4.